The van der Waals surface area contributed by atoms with E-state index in [9.17, 15) is 0 Å². The second-order valence-electron chi connectivity index (χ2n) is 6.52. The summed E-state index contributed by atoms with van der Waals surface area (Å²) in [5, 5.41) is 4.91. The van der Waals surface area contributed by atoms with Crippen molar-refractivity contribution in [3.63, 3.8) is 0 Å². The number of para-hydroxylation sites is 1. The lowest BCUT2D eigenvalue weighted by molar-refractivity contribution is -0.00806. The normalized spacial score (nSPS) is 19.6. The van der Waals surface area contributed by atoms with Crippen LogP contribution in [0.5, 0.6) is 0 Å². The molecule has 1 N–H and O–H groups in total. The number of fused-ring (bicyclic) bond motifs is 1. The molecular weight excluding hydrogens is 276 g/mol. The lowest BCUT2D eigenvalue weighted by atomic mass is 9.88. The van der Waals surface area contributed by atoms with E-state index in [1.165, 1.54) is 10.9 Å². The fourth-order valence-electron chi connectivity index (χ4n) is 3.32. The van der Waals surface area contributed by atoms with Gasteiger partial charge in [-0.2, -0.15) is 0 Å². The van der Waals surface area contributed by atoms with E-state index in [1.807, 2.05) is 18.4 Å². The van der Waals surface area contributed by atoms with E-state index < -0.39 is 0 Å². The van der Waals surface area contributed by atoms with Gasteiger partial charge in [-0.05, 0) is 39.9 Å². The van der Waals surface area contributed by atoms with Crippen molar-refractivity contribution in [1.29, 1.82) is 0 Å². The van der Waals surface area contributed by atoms with Gasteiger partial charge >= 0.3 is 0 Å². The van der Waals surface area contributed by atoms with E-state index >= 15 is 0 Å². The lowest BCUT2D eigenvalue weighted by Gasteiger charge is -2.43. The van der Waals surface area contributed by atoms with E-state index in [-0.39, 0.29) is 11.6 Å². The monoisotopic (exact) mass is 302 g/mol. The van der Waals surface area contributed by atoms with Crippen molar-refractivity contribution in [2.75, 3.05) is 33.9 Å². The molecule has 2 aromatic rings. The minimum Gasteiger partial charge on any atom is -0.464 e. The molecule has 1 aliphatic rings. The molecular formula is C18H26N2O2. The summed E-state index contributed by atoms with van der Waals surface area (Å²) in [5.41, 5.74) is 2.38. The maximum atomic E-state index is 5.66. The Morgan fingerprint density at radius 3 is 2.68 bits per heavy atom. The summed E-state index contributed by atoms with van der Waals surface area (Å²) >= 11 is 0. The third-order valence-corrected chi connectivity index (χ3v) is 5.09. The fraction of sp³-hybridized carbons (Fsp3) is 0.556. The average Bonchev–Trinajstić information content (AvgIpc) is 2.97. The standard InChI is InChI=1S/C18H26N2O2/c1-14(16-12-22-17-7-5-4-6-15(16)17)19-13-18(20(2)3)8-10-21-11-9-18/h4-7,12,14,19H,8-11,13H2,1-3H3. The van der Waals surface area contributed by atoms with Crippen molar-refractivity contribution in [3.8, 4) is 0 Å². The molecule has 0 amide bonds. The first-order valence-electron chi connectivity index (χ1n) is 8.07. The predicted molar refractivity (Wildman–Crippen MR) is 89.1 cm³/mol. The highest BCUT2D eigenvalue weighted by Crippen LogP contribution is 2.29. The van der Waals surface area contributed by atoms with Gasteiger partial charge in [-0.3, -0.25) is 0 Å². The van der Waals surface area contributed by atoms with Crippen molar-refractivity contribution in [2.24, 2.45) is 0 Å². The van der Waals surface area contributed by atoms with Crippen LogP contribution in [0.25, 0.3) is 11.0 Å². The molecule has 1 saturated heterocycles. The van der Waals surface area contributed by atoms with Crippen LogP contribution in [0.4, 0.5) is 0 Å². The molecule has 4 heteroatoms. The van der Waals surface area contributed by atoms with Crippen LogP contribution in [-0.2, 0) is 4.74 Å². The molecule has 4 nitrogen and oxygen atoms in total. The van der Waals surface area contributed by atoms with Gasteiger partial charge in [0.25, 0.3) is 0 Å². The molecule has 120 valence electrons. The van der Waals surface area contributed by atoms with Crippen LogP contribution in [0, 0.1) is 0 Å². The van der Waals surface area contributed by atoms with Crippen molar-refractivity contribution < 1.29 is 9.15 Å². The molecule has 1 aliphatic heterocycles. The van der Waals surface area contributed by atoms with E-state index in [0.29, 0.717) is 0 Å². The molecule has 0 spiro atoms. The Balaban J connectivity index is 1.72. The molecule has 0 saturated carbocycles. The molecule has 1 atom stereocenters. The molecule has 0 radical (unpaired) electrons. The molecule has 22 heavy (non-hydrogen) atoms. The van der Waals surface area contributed by atoms with Gasteiger partial charge in [0.05, 0.1) is 6.26 Å². The molecule has 2 heterocycles. The third-order valence-electron chi connectivity index (χ3n) is 5.09. The molecule has 1 aromatic carbocycles. The Labute approximate surface area is 132 Å². The first-order valence-corrected chi connectivity index (χ1v) is 8.07. The van der Waals surface area contributed by atoms with E-state index in [2.05, 4.69) is 43.4 Å². The molecule has 1 aromatic heterocycles. The van der Waals surface area contributed by atoms with Crippen LogP contribution in [0.15, 0.2) is 34.9 Å². The number of nitrogens with zero attached hydrogens (tertiary/aromatic N) is 1. The minimum absolute atomic E-state index is 0.187. The van der Waals surface area contributed by atoms with Gasteiger partial charge in [-0.25, -0.2) is 0 Å². The Kier molecular flexibility index (Phi) is 4.52. The predicted octanol–water partition coefficient (Wildman–Crippen LogP) is 3.19. The molecule has 3 rings (SSSR count). The highest BCUT2D eigenvalue weighted by molar-refractivity contribution is 5.81. The Hall–Kier alpha value is -1.36. The minimum atomic E-state index is 0.187. The molecule has 1 unspecified atom stereocenters. The SMILES string of the molecule is CC(NCC1(N(C)C)CCOCC1)c1coc2ccccc12. The number of hydrogen-bond donors (Lipinski definition) is 1. The van der Waals surface area contributed by atoms with Crippen molar-refractivity contribution in [2.45, 2.75) is 31.3 Å². The highest BCUT2D eigenvalue weighted by Gasteiger charge is 2.35. The van der Waals surface area contributed by atoms with Crippen LogP contribution in [0.3, 0.4) is 0 Å². The Bertz CT molecular complexity index is 614. The smallest absolute Gasteiger partial charge is 0.134 e. The van der Waals surface area contributed by atoms with Crippen LogP contribution in [0.2, 0.25) is 0 Å². The number of furan rings is 1. The third kappa shape index (κ3) is 2.91. The summed E-state index contributed by atoms with van der Waals surface area (Å²) in [6.45, 7) is 4.87. The fourth-order valence-corrected chi connectivity index (χ4v) is 3.32. The highest BCUT2D eigenvalue weighted by atomic mass is 16.5. The number of likely N-dealkylation sites (N-methyl/N-ethyl adjacent to an activating group) is 1. The van der Waals surface area contributed by atoms with E-state index in [1.54, 1.807) is 0 Å². The summed E-state index contributed by atoms with van der Waals surface area (Å²) in [6, 6.07) is 8.49. The quantitative estimate of drug-likeness (QED) is 0.920. The maximum Gasteiger partial charge on any atom is 0.134 e. The Morgan fingerprint density at radius 1 is 1.23 bits per heavy atom. The number of rotatable bonds is 5. The average molecular weight is 302 g/mol. The molecule has 0 aliphatic carbocycles. The van der Waals surface area contributed by atoms with Gasteiger partial charge in [0, 0.05) is 42.3 Å². The van der Waals surface area contributed by atoms with Crippen LogP contribution in [0.1, 0.15) is 31.4 Å². The number of benzene rings is 1. The summed E-state index contributed by atoms with van der Waals surface area (Å²) in [5.74, 6) is 0. The van der Waals surface area contributed by atoms with Crippen molar-refractivity contribution in [3.05, 3.63) is 36.1 Å². The Morgan fingerprint density at radius 2 is 1.95 bits per heavy atom. The first-order chi connectivity index (χ1) is 10.6. The zero-order valence-corrected chi connectivity index (χ0v) is 13.8. The summed E-state index contributed by atoms with van der Waals surface area (Å²) in [7, 11) is 4.34. The van der Waals surface area contributed by atoms with Crippen LogP contribution < -0.4 is 5.32 Å². The largest absolute Gasteiger partial charge is 0.464 e. The van der Waals surface area contributed by atoms with Gasteiger partial charge in [0.1, 0.15) is 5.58 Å². The number of ether oxygens (including phenoxy) is 1. The van der Waals surface area contributed by atoms with Crippen molar-refractivity contribution in [1.82, 2.24) is 10.2 Å². The molecule has 0 bridgehead atoms. The van der Waals surface area contributed by atoms with Gasteiger partial charge in [-0.15, -0.1) is 0 Å². The van der Waals surface area contributed by atoms with E-state index in [4.69, 9.17) is 9.15 Å². The first kappa shape index (κ1) is 15.5. The number of hydrogen-bond acceptors (Lipinski definition) is 4. The summed E-state index contributed by atoms with van der Waals surface area (Å²) < 4.78 is 11.2. The zero-order chi connectivity index (χ0) is 15.6. The van der Waals surface area contributed by atoms with Gasteiger partial charge in [0.2, 0.25) is 0 Å². The topological polar surface area (TPSA) is 37.6 Å². The lowest BCUT2D eigenvalue weighted by Crippen LogP contribution is -2.55. The van der Waals surface area contributed by atoms with Crippen molar-refractivity contribution >= 4 is 11.0 Å². The van der Waals surface area contributed by atoms with Crippen LogP contribution >= 0.6 is 0 Å². The van der Waals surface area contributed by atoms with Gasteiger partial charge in [0.15, 0.2) is 0 Å². The summed E-state index contributed by atoms with van der Waals surface area (Å²) in [4.78, 5) is 2.35. The second kappa shape index (κ2) is 6.41. The second-order valence-corrected chi connectivity index (χ2v) is 6.52. The van der Waals surface area contributed by atoms with Gasteiger partial charge < -0.3 is 19.4 Å². The maximum absolute atomic E-state index is 5.66. The summed E-state index contributed by atoms with van der Waals surface area (Å²) in [6.07, 6.45) is 4.03. The number of nitrogens with one attached hydrogen (secondary N) is 1. The zero-order valence-electron chi connectivity index (χ0n) is 13.8. The van der Waals surface area contributed by atoms with Crippen LogP contribution in [-0.4, -0.2) is 44.3 Å². The molecule has 1 fully saturated rings. The van der Waals surface area contributed by atoms with Gasteiger partial charge in [-0.1, -0.05) is 18.2 Å². The van der Waals surface area contributed by atoms with E-state index in [0.717, 1.165) is 38.2 Å².